The number of H-pyrrole nitrogens is 1. The van der Waals surface area contributed by atoms with Crippen LogP contribution in [-0.4, -0.2) is 34.6 Å². The van der Waals surface area contributed by atoms with Gasteiger partial charge in [0.1, 0.15) is 11.0 Å². The molecule has 8 nitrogen and oxygen atoms in total. The highest BCUT2D eigenvalue weighted by Crippen LogP contribution is 2.53. The molecule has 0 aliphatic carbocycles. The summed E-state index contributed by atoms with van der Waals surface area (Å²) in [5, 5.41) is 5.37. The zero-order chi connectivity index (χ0) is 29.7. The van der Waals surface area contributed by atoms with Gasteiger partial charge in [0.15, 0.2) is 6.61 Å². The predicted octanol–water partition coefficient (Wildman–Crippen LogP) is 6.06. The Balaban J connectivity index is 1.10. The van der Waals surface area contributed by atoms with Gasteiger partial charge in [-0.25, -0.2) is 4.90 Å². The number of carbonyl (C=O) groups is 3. The number of halogens is 1. The first-order chi connectivity index (χ1) is 20.9. The highest BCUT2D eigenvalue weighted by atomic mass is 35.5. The molecule has 11 heteroatoms. The number of aromatic nitrogens is 1. The molecule has 43 heavy (non-hydrogen) atoms. The van der Waals surface area contributed by atoms with E-state index in [9.17, 15) is 19.2 Å². The quantitative estimate of drug-likeness (QED) is 0.222. The summed E-state index contributed by atoms with van der Waals surface area (Å²) >= 11 is 8.30. The Hall–Kier alpha value is -4.38. The summed E-state index contributed by atoms with van der Waals surface area (Å²) in [5.74, 6) is -1.70. The van der Waals surface area contributed by atoms with Crippen molar-refractivity contribution in [3.8, 4) is 5.75 Å². The van der Waals surface area contributed by atoms with Gasteiger partial charge >= 0.3 is 4.87 Å². The first-order valence-corrected chi connectivity index (χ1v) is 15.5. The van der Waals surface area contributed by atoms with E-state index in [4.69, 9.17) is 16.3 Å². The lowest BCUT2D eigenvalue weighted by molar-refractivity contribution is -0.122. The van der Waals surface area contributed by atoms with Crippen LogP contribution < -0.4 is 19.8 Å². The van der Waals surface area contributed by atoms with E-state index in [1.54, 1.807) is 36.4 Å². The molecule has 0 unspecified atom stereocenters. The van der Waals surface area contributed by atoms with Crippen molar-refractivity contribution in [3.63, 3.8) is 0 Å². The second kappa shape index (κ2) is 11.0. The number of amides is 3. The number of imide groups is 1. The molecule has 4 aromatic carbocycles. The molecule has 0 bridgehead atoms. The molecule has 1 fully saturated rings. The fourth-order valence-corrected chi connectivity index (χ4v) is 8.25. The Labute approximate surface area is 258 Å². The highest BCUT2D eigenvalue weighted by Gasteiger charge is 2.56. The monoisotopic (exact) mass is 627 g/mol. The Morgan fingerprint density at radius 1 is 0.907 bits per heavy atom. The number of aromatic amines is 1. The van der Waals surface area contributed by atoms with Crippen molar-refractivity contribution in [2.75, 3.05) is 16.8 Å². The molecule has 2 N–H and O–H groups in total. The van der Waals surface area contributed by atoms with Gasteiger partial charge in [-0.05, 0) is 64.9 Å². The van der Waals surface area contributed by atoms with Crippen molar-refractivity contribution in [3.05, 3.63) is 116 Å². The van der Waals surface area contributed by atoms with Crippen LogP contribution in [0.2, 0.25) is 5.02 Å². The summed E-state index contributed by atoms with van der Waals surface area (Å²) in [6, 6.07) is 27.2. The fraction of sp³-hybridized carbons (Fsp3) is 0.125. The van der Waals surface area contributed by atoms with Crippen LogP contribution in [0.15, 0.2) is 101 Å². The van der Waals surface area contributed by atoms with Crippen LogP contribution in [0.1, 0.15) is 16.4 Å². The second-order valence-corrected chi connectivity index (χ2v) is 12.8. The van der Waals surface area contributed by atoms with E-state index >= 15 is 0 Å². The molecule has 3 heterocycles. The van der Waals surface area contributed by atoms with Crippen LogP contribution >= 0.6 is 34.7 Å². The molecular weight excluding hydrogens is 606 g/mol. The van der Waals surface area contributed by atoms with Crippen molar-refractivity contribution < 1.29 is 19.1 Å². The average molecular weight is 628 g/mol. The highest BCUT2D eigenvalue weighted by molar-refractivity contribution is 8.00. The number of benzene rings is 4. The summed E-state index contributed by atoms with van der Waals surface area (Å²) < 4.78 is 5.74. The molecule has 0 radical (unpaired) electrons. The van der Waals surface area contributed by atoms with E-state index in [-0.39, 0.29) is 29.2 Å². The number of hydrogen-bond acceptors (Lipinski definition) is 7. The molecule has 1 saturated heterocycles. The Morgan fingerprint density at radius 2 is 1.65 bits per heavy atom. The molecule has 0 spiro atoms. The molecule has 214 valence electrons. The number of ether oxygens (including phenoxy) is 1. The van der Waals surface area contributed by atoms with Gasteiger partial charge in [-0.15, -0.1) is 0 Å². The van der Waals surface area contributed by atoms with Crippen LogP contribution in [0.3, 0.4) is 0 Å². The summed E-state index contributed by atoms with van der Waals surface area (Å²) in [5.41, 5.74) is 1.90. The van der Waals surface area contributed by atoms with Crippen molar-refractivity contribution in [1.82, 2.24) is 4.98 Å². The van der Waals surface area contributed by atoms with Gasteiger partial charge < -0.3 is 15.0 Å². The third-order valence-corrected chi connectivity index (χ3v) is 10.2. The SMILES string of the molecule is O=C(COc1ccc([C@@H]2c3sc(=O)[nH]c3S[C@H]3C(=O)N(c4ccc(Cl)cc4)C(=O)[C@@H]23)cc1)Nc1ccc2ccccc2c1. The predicted molar refractivity (Wildman–Crippen MR) is 168 cm³/mol. The molecule has 3 atom stereocenters. The first kappa shape index (κ1) is 27.5. The lowest BCUT2D eigenvalue weighted by Crippen LogP contribution is -2.32. The Kier molecular flexibility index (Phi) is 7.04. The van der Waals surface area contributed by atoms with Gasteiger partial charge in [-0.2, -0.15) is 0 Å². The zero-order valence-corrected chi connectivity index (χ0v) is 24.7. The third-order valence-electron chi connectivity index (χ3n) is 7.55. The fourth-order valence-electron chi connectivity index (χ4n) is 5.61. The number of anilines is 2. The van der Waals surface area contributed by atoms with Gasteiger partial charge in [0, 0.05) is 21.5 Å². The minimum Gasteiger partial charge on any atom is -0.484 e. The van der Waals surface area contributed by atoms with E-state index in [0.717, 1.165) is 32.5 Å². The lowest BCUT2D eigenvalue weighted by Gasteiger charge is -2.29. The summed E-state index contributed by atoms with van der Waals surface area (Å²) in [4.78, 5) is 56.8. The standard InChI is InChI=1S/C32H22ClN3O5S2/c33-20-8-11-22(12-9-20)36-30(38)26-25(27-29(35-32(40)43-27)42-28(26)31(36)39)18-6-13-23(14-7-18)41-16-24(37)34-21-10-5-17-3-1-2-4-19(17)15-21/h1-15,25-26,28H,16H2,(H,34,37)(H,35,40)/t25-,26-,28+/m0/s1. The maximum absolute atomic E-state index is 13.8. The van der Waals surface area contributed by atoms with Crippen LogP contribution in [0.25, 0.3) is 10.8 Å². The van der Waals surface area contributed by atoms with Crippen molar-refractivity contribution in [1.29, 1.82) is 0 Å². The van der Waals surface area contributed by atoms with E-state index in [1.165, 1.54) is 16.7 Å². The molecule has 1 aromatic heterocycles. The van der Waals surface area contributed by atoms with Crippen LogP contribution in [-0.2, 0) is 14.4 Å². The minimum absolute atomic E-state index is 0.191. The van der Waals surface area contributed by atoms with Gasteiger partial charge in [-0.3, -0.25) is 19.2 Å². The Morgan fingerprint density at radius 3 is 2.42 bits per heavy atom. The molecule has 5 aromatic rings. The minimum atomic E-state index is -0.702. The Bertz CT molecular complexity index is 1950. The summed E-state index contributed by atoms with van der Waals surface area (Å²) in [6.07, 6.45) is 0. The molecule has 2 aliphatic rings. The van der Waals surface area contributed by atoms with Crippen LogP contribution in [0.4, 0.5) is 11.4 Å². The maximum atomic E-state index is 13.8. The summed E-state index contributed by atoms with van der Waals surface area (Å²) in [7, 11) is 0. The van der Waals surface area contributed by atoms with Crippen LogP contribution in [0, 0.1) is 5.92 Å². The van der Waals surface area contributed by atoms with Gasteiger partial charge in [0.2, 0.25) is 11.8 Å². The molecule has 2 aliphatic heterocycles. The number of carbonyl (C=O) groups excluding carboxylic acids is 3. The van der Waals surface area contributed by atoms with Gasteiger partial charge in [-0.1, -0.05) is 77.2 Å². The topological polar surface area (TPSA) is 109 Å². The third kappa shape index (κ3) is 5.11. The van der Waals surface area contributed by atoms with Crippen molar-refractivity contribution >= 4 is 74.6 Å². The second-order valence-electron chi connectivity index (χ2n) is 10.2. The molecule has 7 rings (SSSR count). The summed E-state index contributed by atoms with van der Waals surface area (Å²) in [6.45, 7) is -0.191. The van der Waals surface area contributed by atoms with E-state index < -0.39 is 17.1 Å². The van der Waals surface area contributed by atoms with E-state index in [1.807, 2.05) is 54.6 Å². The maximum Gasteiger partial charge on any atom is 0.305 e. The van der Waals surface area contributed by atoms with Gasteiger partial charge in [0.05, 0.1) is 16.6 Å². The molecule has 0 saturated carbocycles. The zero-order valence-electron chi connectivity index (χ0n) is 22.3. The normalized spacial score (nSPS) is 19.3. The average Bonchev–Trinajstić information content (AvgIpc) is 3.51. The van der Waals surface area contributed by atoms with E-state index in [0.29, 0.717) is 27.2 Å². The largest absolute Gasteiger partial charge is 0.484 e. The smallest absolute Gasteiger partial charge is 0.305 e. The number of nitrogens with zero attached hydrogens (tertiary/aromatic N) is 1. The number of fused-ring (bicyclic) bond motifs is 3. The number of thioether (sulfide) groups is 1. The lowest BCUT2D eigenvalue weighted by atomic mass is 9.83. The first-order valence-electron chi connectivity index (χ1n) is 13.4. The van der Waals surface area contributed by atoms with Crippen molar-refractivity contribution in [2.24, 2.45) is 5.92 Å². The molecular formula is C32H22ClN3O5S2. The molecule has 3 amide bonds. The van der Waals surface area contributed by atoms with Crippen LogP contribution in [0.5, 0.6) is 5.75 Å². The van der Waals surface area contributed by atoms with E-state index in [2.05, 4.69) is 10.3 Å². The van der Waals surface area contributed by atoms with Crippen molar-refractivity contribution in [2.45, 2.75) is 16.2 Å². The van der Waals surface area contributed by atoms with Gasteiger partial charge in [0.25, 0.3) is 5.91 Å². The number of thiazole rings is 1. The number of nitrogens with one attached hydrogen (secondary N) is 2. The number of rotatable bonds is 6. The number of hydrogen-bond donors (Lipinski definition) is 2.